The van der Waals surface area contributed by atoms with Crippen molar-refractivity contribution in [3.05, 3.63) is 28.7 Å². The van der Waals surface area contributed by atoms with Crippen LogP contribution in [0, 0.1) is 5.92 Å². The Labute approximate surface area is 121 Å². The van der Waals surface area contributed by atoms with Gasteiger partial charge in [0.1, 0.15) is 6.04 Å². The first-order chi connectivity index (χ1) is 8.74. The van der Waals surface area contributed by atoms with Crippen LogP contribution in [-0.2, 0) is 14.8 Å². The maximum Gasteiger partial charge on any atom is 0.321 e. The topological polar surface area (TPSA) is 83.5 Å². The zero-order valence-electron chi connectivity index (χ0n) is 10.6. The van der Waals surface area contributed by atoms with E-state index in [0.717, 1.165) is 0 Å². The summed E-state index contributed by atoms with van der Waals surface area (Å²) in [5.41, 5.74) is 0. The Morgan fingerprint density at radius 1 is 1.37 bits per heavy atom. The van der Waals surface area contributed by atoms with Gasteiger partial charge in [-0.2, -0.15) is 4.72 Å². The highest BCUT2D eigenvalue weighted by Gasteiger charge is 2.27. The number of halogens is 1. The van der Waals surface area contributed by atoms with E-state index in [9.17, 15) is 13.2 Å². The van der Waals surface area contributed by atoms with Crippen LogP contribution in [0.2, 0.25) is 0 Å². The van der Waals surface area contributed by atoms with E-state index in [1.54, 1.807) is 18.2 Å². The van der Waals surface area contributed by atoms with Gasteiger partial charge in [-0.15, -0.1) is 0 Å². The standard InChI is InChI=1S/C12H16BrNO4S/c1-8(2)7-10(12(15)16)14-19(17,18)11-6-4-3-5-9(11)13/h3-6,8,10,14H,7H2,1-2H3,(H,15,16). The quantitative estimate of drug-likeness (QED) is 0.824. The molecule has 0 aliphatic rings. The normalized spacial score (nSPS) is 13.5. The maximum absolute atomic E-state index is 12.1. The Morgan fingerprint density at radius 3 is 2.42 bits per heavy atom. The molecule has 0 radical (unpaired) electrons. The average molecular weight is 350 g/mol. The van der Waals surface area contributed by atoms with Crippen molar-refractivity contribution in [1.29, 1.82) is 0 Å². The fourth-order valence-corrected chi connectivity index (χ4v) is 3.79. The van der Waals surface area contributed by atoms with Gasteiger partial charge in [-0.1, -0.05) is 26.0 Å². The number of hydrogen-bond acceptors (Lipinski definition) is 3. The molecule has 7 heteroatoms. The summed E-state index contributed by atoms with van der Waals surface area (Å²) in [6.07, 6.45) is 0.235. The molecule has 1 rings (SSSR count). The molecule has 0 saturated heterocycles. The third-order valence-electron chi connectivity index (χ3n) is 2.43. The Balaban J connectivity index is 3.01. The fraction of sp³-hybridized carbons (Fsp3) is 0.417. The molecular weight excluding hydrogens is 334 g/mol. The number of aliphatic carboxylic acids is 1. The number of rotatable bonds is 6. The van der Waals surface area contributed by atoms with Gasteiger partial charge in [0.2, 0.25) is 10.0 Å². The summed E-state index contributed by atoms with van der Waals surface area (Å²) in [4.78, 5) is 11.1. The van der Waals surface area contributed by atoms with Crippen molar-refractivity contribution in [2.75, 3.05) is 0 Å². The lowest BCUT2D eigenvalue weighted by molar-refractivity contribution is -0.139. The van der Waals surface area contributed by atoms with Crippen molar-refractivity contribution in [1.82, 2.24) is 4.72 Å². The maximum atomic E-state index is 12.1. The molecule has 0 saturated carbocycles. The second-order valence-corrected chi connectivity index (χ2v) is 7.11. The number of carboxylic acid groups (broad SMARTS) is 1. The van der Waals surface area contributed by atoms with Gasteiger partial charge in [0.05, 0.1) is 4.90 Å². The Hall–Kier alpha value is -0.920. The molecule has 0 fully saturated rings. The van der Waals surface area contributed by atoms with Crippen molar-refractivity contribution in [2.45, 2.75) is 31.2 Å². The molecular formula is C12H16BrNO4S. The van der Waals surface area contributed by atoms with E-state index in [1.807, 2.05) is 13.8 Å². The van der Waals surface area contributed by atoms with Crippen LogP contribution in [0.5, 0.6) is 0 Å². The van der Waals surface area contributed by atoms with Crippen LogP contribution in [0.1, 0.15) is 20.3 Å². The lowest BCUT2D eigenvalue weighted by atomic mass is 10.1. The van der Waals surface area contributed by atoms with Crippen LogP contribution in [-0.4, -0.2) is 25.5 Å². The molecule has 1 atom stereocenters. The fourth-order valence-electron chi connectivity index (χ4n) is 1.58. The van der Waals surface area contributed by atoms with Crippen molar-refractivity contribution >= 4 is 31.9 Å². The number of carboxylic acids is 1. The summed E-state index contributed by atoms with van der Waals surface area (Å²) >= 11 is 3.14. The minimum atomic E-state index is -3.86. The highest BCUT2D eigenvalue weighted by Crippen LogP contribution is 2.21. The van der Waals surface area contributed by atoms with Crippen LogP contribution < -0.4 is 4.72 Å². The lowest BCUT2D eigenvalue weighted by Crippen LogP contribution is -2.41. The molecule has 0 aliphatic carbocycles. The van der Waals surface area contributed by atoms with E-state index in [2.05, 4.69) is 20.7 Å². The number of carbonyl (C=O) groups is 1. The molecule has 2 N–H and O–H groups in total. The van der Waals surface area contributed by atoms with Gasteiger partial charge in [0, 0.05) is 4.47 Å². The third kappa shape index (κ3) is 4.59. The van der Waals surface area contributed by atoms with Gasteiger partial charge < -0.3 is 5.11 Å². The van der Waals surface area contributed by atoms with Crippen molar-refractivity contribution in [3.8, 4) is 0 Å². The van der Waals surface area contributed by atoms with Crippen molar-refractivity contribution in [3.63, 3.8) is 0 Å². The highest BCUT2D eigenvalue weighted by atomic mass is 79.9. The van der Waals surface area contributed by atoms with Crippen LogP contribution in [0.4, 0.5) is 0 Å². The zero-order valence-corrected chi connectivity index (χ0v) is 13.0. The summed E-state index contributed by atoms with van der Waals surface area (Å²) in [6.45, 7) is 3.67. The van der Waals surface area contributed by atoms with E-state index in [-0.39, 0.29) is 17.2 Å². The van der Waals surface area contributed by atoms with E-state index in [4.69, 9.17) is 5.11 Å². The number of benzene rings is 1. The monoisotopic (exact) mass is 349 g/mol. The molecule has 5 nitrogen and oxygen atoms in total. The predicted octanol–water partition coefficient (Wildman–Crippen LogP) is 2.23. The van der Waals surface area contributed by atoms with Gasteiger partial charge in [-0.3, -0.25) is 4.79 Å². The lowest BCUT2D eigenvalue weighted by Gasteiger charge is -2.17. The second-order valence-electron chi connectivity index (χ2n) is 4.57. The third-order valence-corrected chi connectivity index (χ3v) is 4.91. The van der Waals surface area contributed by atoms with Gasteiger partial charge in [-0.05, 0) is 40.4 Å². The highest BCUT2D eigenvalue weighted by molar-refractivity contribution is 9.10. The molecule has 0 spiro atoms. The van der Waals surface area contributed by atoms with Crippen molar-refractivity contribution in [2.24, 2.45) is 5.92 Å². The predicted molar refractivity (Wildman–Crippen MR) is 75.3 cm³/mol. The molecule has 1 aromatic carbocycles. The second kappa shape index (κ2) is 6.49. The first-order valence-electron chi connectivity index (χ1n) is 5.73. The van der Waals surface area contributed by atoms with Gasteiger partial charge in [0.15, 0.2) is 0 Å². The van der Waals surface area contributed by atoms with Crippen molar-refractivity contribution < 1.29 is 18.3 Å². The molecule has 0 bridgehead atoms. The minimum Gasteiger partial charge on any atom is -0.480 e. The molecule has 0 amide bonds. The Kier molecular flexibility index (Phi) is 5.51. The average Bonchev–Trinajstić information content (AvgIpc) is 2.27. The van der Waals surface area contributed by atoms with Crippen LogP contribution in [0.15, 0.2) is 33.6 Å². The van der Waals surface area contributed by atoms with E-state index in [1.165, 1.54) is 6.07 Å². The Morgan fingerprint density at radius 2 is 1.95 bits per heavy atom. The molecule has 106 valence electrons. The minimum absolute atomic E-state index is 0.0324. The van der Waals surface area contributed by atoms with E-state index >= 15 is 0 Å². The van der Waals surface area contributed by atoms with Crippen LogP contribution >= 0.6 is 15.9 Å². The Bertz CT molecular complexity index is 557. The summed E-state index contributed by atoms with van der Waals surface area (Å²) in [5, 5.41) is 9.06. The van der Waals surface area contributed by atoms with Crippen LogP contribution in [0.25, 0.3) is 0 Å². The number of nitrogens with one attached hydrogen (secondary N) is 1. The first-order valence-corrected chi connectivity index (χ1v) is 8.01. The molecule has 1 unspecified atom stereocenters. The van der Waals surface area contributed by atoms with Crippen LogP contribution in [0.3, 0.4) is 0 Å². The summed E-state index contributed by atoms with van der Waals surface area (Å²) in [6, 6.07) is 5.15. The van der Waals surface area contributed by atoms with Gasteiger partial charge >= 0.3 is 5.97 Å². The molecule has 0 aromatic heterocycles. The number of sulfonamides is 1. The molecule has 1 aromatic rings. The number of hydrogen-bond donors (Lipinski definition) is 2. The van der Waals surface area contributed by atoms with E-state index in [0.29, 0.717) is 4.47 Å². The summed E-state index contributed by atoms with van der Waals surface area (Å²) in [7, 11) is -3.86. The smallest absolute Gasteiger partial charge is 0.321 e. The first kappa shape index (κ1) is 16.1. The van der Waals surface area contributed by atoms with Gasteiger partial charge in [0.25, 0.3) is 0 Å². The zero-order chi connectivity index (χ0) is 14.6. The molecule has 19 heavy (non-hydrogen) atoms. The molecule has 0 aliphatic heterocycles. The van der Waals surface area contributed by atoms with Gasteiger partial charge in [-0.25, -0.2) is 8.42 Å². The molecule has 0 heterocycles. The van der Waals surface area contributed by atoms with E-state index < -0.39 is 22.0 Å². The largest absolute Gasteiger partial charge is 0.480 e. The SMILES string of the molecule is CC(C)CC(NS(=O)(=O)c1ccccc1Br)C(=O)O. The summed E-state index contributed by atoms with van der Waals surface area (Å²) in [5.74, 6) is -1.10. The summed E-state index contributed by atoms with van der Waals surface area (Å²) < 4.78 is 26.9.